The van der Waals surface area contributed by atoms with E-state index in [1.807, 2.05) is 0 Å². The molecule has 0 unspecified atom stereocenters. The van der Waals surface area contributed by atoms with Gasteiger partial charge < -0.3 is 21.7 Å². The van der Waals surface area contributed by atoms with E-state index in [2.05, 4.69) is 0 Å². The molecule has 6 N–H and O–H groups in total. The number of halogens is 2. The molecule has 0 rings (SSSR count). The maximum atomic E-state index is 9.37. The Morgan fingerprint density at radius 1 is 0.875 bits per heavy atom. The molecule has 8 heteroatoms. The van der Waals surface area contributed by atoms with Crippen molar-refractivity contribution in [3.8, 4) is 0 Å². The van der Waals surface area contributed by atoms with Crippen molar-refractivity contribution in [3.05, 3.63) is 0 Å². The third kappa shape index (κ3) is 106. The first kappa shape index (κ1) is 29.5. The van der Waals surface area contributed by atoms with E-state index in [1.54, 1.807) is 13.8 Å². The molecule has 0 amide bonds. The standard InChI is InChI=1S/2C3H6O2.C2H8N2.2ClH/c2*1-2-3(4)5;3-1-2-4;;/h2*2H2,1H3,(H,4,5);1-4H2;2*1H. The third-order valence-electron chi connectivity index (χ3n) is 0.772. The quantitative estimate of drug-likeness (QED) is 0.603. The van der Waals surface area contributed by atoms with Crippen molar-refractivity contribution < 1.29 is 19.8 Å². The van der Waals surface area contributed by atoms with E-state index in [4.69, 9.17) is 21.7 Å². The molecule has 0 aromatic heterocycles. The first-order valence-corrected chi connectivity index (χ1v) is 4.29. The Balaban J connectivity index is -0.0000000358. The van der Waals surface area contributed by atoms with Crippen LogP contribution >= 0.6 is 24.8 Å². The van der Waals surface area contributed by atoms with Crippen LogP contribution in [0.3, 0.4) is 0 Å². The van der Waals surface area contributed by atoms with Gasteiger partial charge in [-0.05, 0) is 0 Å². The van der Waals surface area contributed by atoms with Crippen molar-refractivity contribution in [3.63, 3.8) is 0 Å². The van der Waals surface area contributed by atoms with Crippen LogP contribution in [0, 0.1) is 0 Å². The molecule has 0 aromatic rings. The van der Waals surface area contributed by atoms with E-state index < -0.39 is 11.9 Å². The molecule has 0 fully saturated rings. The molecule has 0 aliphatic rings. The zero-order valence-electron chi connectivity index (χ0n) is 9.51. The summed E-state index contributed by atoms with van der Waals surface area (Å²) in [5.74, 6) is -1.49. The summed E-state index contributed by atoms with van der Waals surface area (Å²) in [5.41, 5.74) is 9.81. The molecule has 0 bridgehead atoms. The van der Waals surface area contributed by atoms with Crippen LogP contribution in [0.1, 0.15) is 26.7 Å². The lowest BCUT2D eigenvalue weighted by atomic mass is 10.5. The predicted molar refractivity (Wildman–Crippen MR) is 68.5 cm³/mol. The highest BCUT2D eigenvalue weighted by Crippen LogP contribution is 1.67. The van der Waals surface area contributed by atoms with Gasteiger partial charge in [-0.2, -0.15) is 0 Å². The molecule has 0 heterocycles. The molecule has 0 aromatic carbocycles. The lowest BCUT2D eigenvalue weighted by Crippen LogP contribution is -2.11. The monoisotopic (exact) mass is 280 g/mol. The minimum Gasteiger partial charge on any atom is -0.481 e. The highest BCUT2D eigenvalue weighted by atomic mass is 35.5. The Bertz CT molecular complexity index is 132. The van der Waals surface area contributed by atoms with Crippen LogP contribution in [0.5, 0.6) is 0 Å². The highest BCUT2D eigenvalue weighted by molar-refractivity contribution is 5.85. The van der Waals surface area contributed by atoms with E-state index in [-0.39, 0.29) is 37.7 Å². The second kappa shape index (κ2) is 29.3. The summed E-state index contributed by atoms with van der Waals surface area (Å²) in [6.07, 6.45) is 0.444. The fourth-order valence-corrected chi connectivity index (χ4v) is 0. The zero-order chi connectivity index (χ0) is 12.0. The predicted octanol–water partition coefficient (Wildman–Crippen LogP) is 0.709. The van der Waals surface area contributed by atoms with Crippen LogP contribution in [0.15, 0.2) is 0 Å². The van der Waals surface area contributed by atoms with Crippen molar-refractivity contribution in [2.75, 3.05) is 13.1 Å². The fraction of sp³-hybridized carbons (Fsp3) is 0.750. The van der Waals surface area contributed by atoms with Crippen molar-refractivity contribution in [1.29, 1.82) is 0 Å². The normalized spacial score (nSPS) is 6.50. The Labute approximate surface area is 108 Å². The van der Waals surface area contributed by atoms with Crippen LogP contribution in [-0.4, -0.2) is 35.2 Å². The lowest BCUT2D eigenvalue weighted by molar-refractivity contribution is -0.137. The molecule has 102 valence electrons. The van der Waals surface area contributed by atoms with Gasteiger partial charge in [0.25, 0.3) is 0 Å². The largest absolute Gasteiger partial charge is 0.481 e. The average Bonchev–Trinajstić information content (AvgIpc) is 2.19. The van der Waals surface area contributed by atoms with Gasteiger partial charge in [-0.15, -0.1) is 24.8 Å². The molecular formula is C8H22Cl2N2O4. The molecule has 16 heavy (non-hydrogen) atoms. The van der Waals surface area contributed by atoms with Crippen LogP contribution < -0.4 is 11.5 Å². The molecule has 0 saturated carbocycles. The summed E-state index contributed by atoms with van der Waals surface area (Å²) in [6, 6.07) is 0. The van der Waals surface area contributed by atoms with Gasteiger partial charge in [-0.25, -0.2) is 0 Å². The minimum atomic E-state index is -0.745. The summed E-state index contributed by atoms with van der Waals surface area (Å²) in [5, 5.41) is 15.4. The number of hydrogen-bond acceptors (Lipinski definition) is 4. The number of nitrogens with two attached hydrogens (primary N) is 2. The molecule has 0 radical (unpaired) electrons. The van der Waals surface area contributed by atoms with Gasteiger partial charge in [0.1, 0.15) is 0 Å². The average molecular weight is 281 g/mol. The summed E-state index contributed by atoms with van der Waals surface area (Å²) < 4.78 is 0. The van der Waals surface area contributed by atoms with Crippen molar-refractivity contribution >= 4 is 36.8 Å². The second-order valence-corrected chi connectivity index (χ2v) is 2.07. The van der Waals surface area contributed by atoms with Crippen molar-refractivity contribution in [1.82, 2.24) is 0 Å². The number of carbonyl (C=O) groups is 2. The summed E-state index contributed by atoms with van der Waals surface area (Å²) in [7, 11) is 0. The minimum absolute atomic E-state index is 0. The molecular weight excluding hydrogens is 259 g/mol. The van der Waals surface area contributed by atoms with E-state index in [0.29, 0.717) is 13.1 Å². The van der Waals surface area contributed by atoms with E-state index in [9.17, 15) is 9.59 Å². The molecule has 0 aliphatic heterocycles. The van der Waals surface area contributed by atoms with Crippen LogP contribution in [0.2, 0.25) is 0 Å². The maximum absolute atomic E-state index is 9.37. The maximum Gasteiger partial charge on any atom is 0.303 e. The number of carboxylic acid groups (broad SMARTS) is 2. The second-order valence-electron chi connectivity index (χ2n) is 2.07. The molecule has 0 saturated heterocycles. The summed E-state index contributed by atoms with van der Waals surface area (Å²) >= 11 is 0. The fourth-order valence-electron chi connectivity index (χ4n) is 0. The topological polar surface area (TPSA) is 127 Å². The number of carboxylic acids is 2. The van der Waals surface area contributed by atoms with Gasteiger partial charge in [-0.1, -0.05) is 13.8 Å². The van der Waals surface area contributed by atoms with Crippen LogP contribution in [0.4, 0.5) is 0 Å². The van der Waals surface area contributed by atoms with Crippen molar-refractivity contribution in [2.24, 2.45) is 11.5 Å². The lowest BCUT2D eigenvalue weighted by Gasteiger charge is -1.72. The van der Waals surface area contributed by atoms with Gasteiger partial charge in [0.2, 0.25) is 0 Å². The van der Waals surface area contributed by atoms with Crippen LogP contribution in [0.25, 0.3) is 0 Å². The summed E-state index contributed by atoms with van der Waals surface area (Å²) in [6.45, 7) is 4.39. The number of aliphatic carboxylic acids is 2. The molecule has 0 spiro atoms. The first-order valence-electron chi connectivity index (χ1n) is 4.29. The van der Waals surface area contributed by atoms with Crippen molar-refractivity contribution in [2.45, 2.75) is 26.7 Å². The van der Waals surface area contributed by atoms with Gasteiger partial charge >= 0.3 is 11.9 Å². The Morgan fingerprint density at radius 2 is 1.00 bits per heavy atom. The third-order valence-corrected chi connectivity index (χ3v) is 0.772. The number of hydrogen-bond donors (Lipinski definition) is 4. The van der Waals surface area contributed by atoms with Crippen LogP contribution in [-0.2, 0) is 9.59 Å². The summed E-state index contributed by atoms with van der Waals surface area (Å²) in [4.78, 5) is 18.7. The number of rotatable bonds is 3. The first-order chi connectivity index (χ1) is 6.45. The Hall–Kier alpha value is -0.560. The highest BCUT2D eigenvalue weighted by Gasteiger charge is 1.81. The van der Waals surface area contributed by atoms with Gasteiger partial charge in [0.15, 0.2) is 0 Å². The van der Waals surface area contributed by atoms with Gasteiger partial charge in [0.05, 0.1) is 0 Å². The Kier molecular flexibility index (Phi) is 54.0. The van der Waals surface area contributed by atoms with E-state index in [1.165, 1.54) is 0 Å². The van der Waals surface area contributed by atoms with Gasteiger partial charge in [-0.3, -0.25) is 9.59 Å². The molecule has 6 nitrogen and oxygen atoms in total. The SMILES string of the molecule is CCC(=O)O.CCC(=O)O.Cl.Cl.NCCN. The smallest absolute Gasteiger partial charge is 0.303 e. The zero-order valence-corrected chi connectivity index (χ0v) is 11.1. The van der Waals surface area contributed by atoms with Gasteiger partial charge in [0, 0.05) is 25.9 Å². The molecule has 0 aliphatic carbocycles. The molecule has 0 atom stereocenters. The van der Waals surface area contributed by atoms with E-state index >= 15 is 0 Å². The Morgan fingerprint density at radius 3 is 1.00 bits per heavy atom. The van der Waals surface area contributed by atoms with E-state index in [0.717, 1.165) is 0 Å².